The van der Waals surface area contributed by atoms with Gasteiger partial charge in [-0.05, 0) is 29.7 Å². The number of benzene rings is 1. The Morgan fingerprint density at radius 1 is 1.20 bits per heavy atom. The highest BCUT2D eigenvalue weighted by atomic mass is 19.1. The second kappa shape index (κ2) is 6.07. The summed E-state index contributed by atoms with van der Waals surface area (Å²) in [6.07, 6.45) is 1.60. The molecule has 0 N–H and O–H groups in total. The summed E-state index contributed by atoms with van der Waals surface area (Å²) in [5, 5.41) is 0. The van der Waals surface area contributed by atoms with Crippen molar-refractivity contribution in [1.29, 1.82) is 0 Å². The van der Waals surface area contributed by atoms with E-state index in [0.717, 1.165) is 5.69 Å². The fourth-order valence-electron chi connectivity index (χ4n) is 1.87. The van der Waals surface area contributed by atoms with Crippen LogP contribution in [-0.4, -0.2) is 4.98 Å². The van der Waals surface area contributed by atoms with Gasteiger partial charge in [0.25, 0.3) is 0 Å². The Morgan fingerprint density at radius 3 is 2.55 bits per heavy atom. The Labute approximate surface area is 118 Å². The molecule has 1 aromatic heterocycles. The number of hydrogen-bond donors (Lipinski definition) is 0. The summed E-state index contributed by atoms with van der Waals surface area (Å²) in [5.74, 6) is 1.52. The molecule has 4 heteroatoms. The quantitative estimate of drug-likeness (QED) is 0.798. The van der Waals surface area contributed by atoms with Gasteiger partial charge >= 0.3 is 0 Å². The molecule has 0 radical (unpaired) electrons. The van der Waals surface area contributed by atoms with Gasteiger partial charge in [0, 0.05) is 5.92 Å². The number of ether oxygens (including phenoxy) is 1. The SMILES string of the molecule is CC(C)c1nc(COc2ccc(F)c(C(C)C)c2)co1. The molecule has 20 heavy (non-hydrogen) atoms. The zero-order valence-electron chi connectivity index (χ0n) is 12.3. The molecule has 0 saturated heterocycles. The third-order valence-electron chi connectivity index (χ3n) is 3.04. The Kier molecular flexibility index (Phi) is 4.42. The Balaban J connectivity index is 2.05. The van der Waals surface area contributed by atoms with Gasteiger partial charge in [-0.1, -0.05) is 27.7 Å². The molecule has 0 amide bonds. The second-order valence-electron chi connectivity index (χ2n) is 5.46. The van der Waals surface area contributed by atoms with Gasteiger partial charge in [0.15, 0.2) is 5.89 Å². The highest BCUT2D eigenvalue weighted by molar-refractivity contribution is 5.31. The van der Waals surface area contributed by atoms with E-state index in [9.17, 15) is 4.39 Å². The van der Waals surface area contributed by atoms with Crippen molar-refractivity contribution >= 4 is 0 Å². The summed E-state index contributed by atoms with van der Waals surface area (Å²) in [5.41, 5.74) is 1.40. The van der Waals surface area contributed by atoms with E-state index >= 15 is 0 Å². The van der Waals surface area contributed by atoms with Crippen LogP contribution in [0.3, 0.4) is 0 Å². The first-order valence-electron chi connectivity index (χ1n) is 6.84. The van der Waals surface area contributed by atoms with Gasteiger partial charge in [0.05, 0.1) is 0 Å². The van der Waals surface area contributed by atoms with Crippen molar-refractivity contribution in [3.8, 4) is 5.75 Å². The van der Waals surface area contributed by atoms with Gasteiger partial charge in [-0.2, -0.15) is 0 Å². The van der Waals surface area contributed by atoms with Crippen molar-refractivity contribution in [3.05, 3.63) is 47.4 Å². The first-order chi connectivity index (χ1) is 9.47. The first kappa shape index (κ1) is 14.6. The third kappa shape index (κ3) is 3.38. The van der Waals surface area contributed by atoms with Crippen molar-refractivity contribution in [2.45, 2.75) is 46.1 Å². The van der Waals surface area contributed by atoms with Crippen LogP contribution in [0.1, 0.15) is 56.7 Å². The molecule has 2 rings (SSSR count). The molecule has 0 aliphatic rings. The predicted molar refractivity (Wildman–Crippen MR) is 75.4 cm³/mol. The van der Waals surface area contributed by atoms with Gasteiger partial charge in [0.1, 0.15) is 30.1 Å². The van der Waals surface area contributed by atoms with E-state index < -0.39 is 0 Å². The minimum atomic E-state index is -0.198. The average molecular weight is 277 g/mol. The van der Waals surface area contributed by atoms with E-state index in [1.807, 2.05) is 27.7 Å². The van der Waals surface area contributed by atoms with Crippen LogP contribution in [0.2, 0.25) is 0 Å². The Morgan fingerprint density at radius 2 is 1.95 bits per heavy atom. The largest absolute Gasteiger partial charge is 0.487 e. The fraction of sp³-hybridized carbons (Fsp3) is 0.438. The highest BCUT2D eigenvalue weighted by Crippen LogP contribution is 2.24. The van der Waals surface area contributed by atoms with Gasteiger partial charge < -0.3 is 9.15 Å². The average Bonchev–Trinajstić information content (AvgIpc) is 2.86. The number of hydrogen-bond acceptors (Lipinski definition) is 3. The summed E-state index contributed by atoms with van der Waals surface area (Å²) in [6, 6.07) is 4.81. The maximum Gasteiger partial charge on any atom is 0.196 e. The normalized spacial score (nSPS) is 11.3. The molecular weight excluding hydrogens is 257 g/mol. The molecule has 0 bridgehead atoms. The zero-order chi connectivity index (χ0) is 14.7. The zero-order valence-corrected chi connectivity index (χ0v) is 12.3. The van der Waals surface area contributed by atoms with Crippen LogP contribution in [0.25, 0.3) is 0 Å². The van der Waals surface area contributed by atoms with Crippen LogP contribution < -0.4 is 4.74 Å². The highest BCUT2D eigenvalue weighted by Gasteiger charge is 2.10. The number of oxazole rings is 1. The first-order valence-corrected chi connectivity index (χ1v) is 6.84. The molecule has 0 aliphatic heterocycles. The number of aromatic nitrogens is 1. The van der Waals surface area contributed by atoms with Crippen molar-refractivity contribution in [3.63, 3.8) is 0 Å². The summed E-state index contributed by atoms with van der Waals surface area (Å²) < 4.78 is 24.6. The molecule has 2 aromatic rings. The summed E-state index contributed by atoms with van der Waals surface area (Å²) >= 11 is 0. The van der Waals surface area contributed by atoms with Gasteiger partial charge in [-0.25, -0.2) is 9.37 Å². The van der Waals surface area contributed by atoms with Gasteiger partial charge in [-0.3, -0.25) is 0 Å². The summed E-state index contributed by atoms with van der Waals surface area (Å²) in [7, 11) is 0. The van der Waals surface area contributed by atoms with Crippen LogP contribution in [0.15, 0.2) is 28.9 Å². The summed E-state index contributed by atoms with van der Waals surface area (Å²) in [4.78, 5) is 4.33. The van der Waals surface area contributed by atoms with Crippen LogP contribution in [0, 0.1) is 5.82 Å². The maximum absolute atomic E-state index is 13.6. The lowest BCUT2D eigenvalue weighted by Crippen LogP contribution is -1.99. The van der Waals surface area contributed by atoms with E-state index in [1.165, 1.54) is 6.07 Å². The molecule has 0 aliphatic carbocycles. The van der Waals surface area contributed by atoms with E-state index in [4.69, 9.17) is 9.15 Å². The molecule has 0 atom stereocenters. The van der Waals surface area contributed by atoms with Gasteiger partial charge in [0.2, 0.25) is 0 Å². The van der Waals surface area contributed by atoms with Crippen molar-refractivity contribution < 1.29 is 13.5 Å². The Hall–Kier alpha value is -1.84. The fourth-order valence-corrected chi connectivity index (χ4v) is 1.87. The topological polar surface area (TPSA) is 35.3 Å². The minimum absolute atomic E-state index is 0.123. The molecule has 0 unspecified atom stereocenters. The van der Waals surface area contributed by atoms with E-state index in [1.54, 1.807) is 18.4 Å². The molecule has 1 heterocycles. The minimum Gasteiger partial charge on any atom is -0.487 e. The van der Waals surface area contributed by atoms with E-state index in [-0.39, 0.29) is 17.7 Å². The lowest BCUT2D eigenvalue weighted by molar-refractivity contribution is 0.300. The molecule has 0 fully saturated rings. The predicted octanol–water partition coefficient (Wildman–Crippen LogP) is 4.64. The third-order valence-corrected chi connectivity index (χ3v) is 3.04. The van der Waals surface area contributed by atoms with Crippen molar-refractivity contribution in [2.75, 3.05) is 0 Å². The molecule has 1 aromatic carbocycles. The van der Waals surface area contributed by atoms with Crippen LogP contribution >= 0.6 is 0 Å². The molecule has 0 saturated carbocycles. The van der Waals surface area contributed by atoms with Gasteiger partial charge in [-0.15, -0.1) is 0 Å². The van der Waals surface area contributed by atoms with Crippen LogP contribution in [0.4, 0.5) is 4.39 Å². The standard InChI is InChI=1S/C16H20FNO2/c1-10(2)14-7-13(5-6-15(14)17)19-8-12-9-20-16(18-12)11(3)4/h5-7,9-11H,8H2,1-4H3. The molecule has 3 nitrogen and oxygen atoms in total. The lowest BCUT2D eigenvalue weighted by Gasteiger charge is -2.10. The number of halogens is 1. The lowest BCUT2D eigenvalue weighted by atomic mass is 10.0. The summed E-state index contributed by atoms with van der Waals surface area (Å²) in [6.45, 7) is 8.26. The monoisotopic (exact) mass is 277 g/mol. The second-order valence-corrected chi connectivity index (χ2v) is 5.46. The number of rotatable bonds is 5. The smallest absolute Gasteiger partial charge is 0.196 e. The molecular formula is C16H20FNO2. The Bertz CT molecular complexity index is 576. The van der Waals surface area contributed by atoms with E-state index in [0.29, 0.717) is 23.8 Å². The van der Waals surface area contributed by atoms with Crippen LogP contribution in [0.5, 0.6) is 5.75 Å². The maximum atomic E-state index is 13.6. The number of nitrogens with zero attached hydrogens (tertiary/aromatic N) is 1. The van der Waals surface area contributed by atoms with Crippen molar-refractivity contribution in [2.24, 2.45) is 0 Å². The molecule has 108 valence electrons. The van der Waals surface area contributed by atoms with Crippen molar-refractivity contribution in [1.82, 2.24) is 4.98 Å². The van der Waals surface area contributed by atoms with E-state index in [2.05, 4.69) is 4.98 Å². The molecule has 0 spiro atoms. The van der Waals surface area contributed by atoms with Crippen LogP contribution in [-0.2, 0) is 6.61 Å².